The van der Waals surface area contributed by atoms with Gasteiger partial charge in [-0.1, -0.05) is 23.2 Å². The smallest absolute Gasteiger partial charge is 0.326 e. The van der Waals surface area contributed by atoms with Gasteiger partial charge in [-0.05, 0) is 32.0 Å². The monoisotopic (exact) mass is 307 g/mol. The fourth-order valence-corrected chi connectivity index (χ4v) is 2.47. The first-order valence-electron chi connectivity index (χ1n) is 5.41. The standard InChI is InChI=1S/C12H15Cl2NO2S/c1-3-17-11(16)12(2,15)7-18-8-4-5-9(13)10(14)6-8/h4-6H,3,7,15H2,1-2H3. The molecule has 0 amide bonds. The van der Waals surface area contributed by atoms with Gasteiger partial charge in [-0.3, -0.25) is 4.79 Å². The summed E-state index contributed by atoms with van der Waals surface area (Å²) in [5, 5.41) is 0.985. The minimum atomic E-state index is -1.02. The van der Waals surface area contributed by atoms with Crippen LogP contribution in [0, 0.1) is 0 Å². The fraction of sp³-hybridized carbons (Fsp3) is 0.417. The highest BCUT2D eigenvalue weighted by molar-refractivity contribution is 7.99. The molecule has 1 unspecified atom stereocenters. The van der Waals surface area contributed by atoms with Gasteiger partial charge < -0.3 is 10.5 Å². The van der Waals surface area contributed by atoms with Gasteiger partial charge in [0.25, 0.3) is 0 Å². The Morgan fingerprint density at radius 3 is 2.67 bits per heavy atom. The van der Waals surface area contributed by atoms with Gasteiger partial charge in [0.2, 0.25) is 0 Å². The fourth-order valence-electron chi connectivity index (χ4n) is 1.15. The lowest BCUT2D eigenvalue weighted by atomic mass is 10.1. The number of halogens is 2. The summed E-state index contributed by atoms with van der Waals surface area (Å²) in [6, 6.07) is 5.29. The molecule has 1 aromatic carbocycles. The average Bonchev–Trinajstić information content (AvgIpc) is 2.31. The first kappa shape index (κ1) is 15.6. The molecule has 0 heterocycles. The lowest BCUT2D eigenvalue weighted by molar-refractivity contribution is -0.148. The largest absolute Gasteiger partial charge is 0.465 e. The van der Waals surface area contributed by atoms with Crippen LogP contribution in [0.1, 0.15) is 13.8 Å². The van der Waals surface area contributed by atoms with Crippen LogP contribution in [0.4, 0.5) is 0 Å². The minimum Gasteiger partial charge on any atom is -0.465 e. The number of rotatable bonds is 5. The summed E-state index contributed by atoms with van der Waals surface area (Å²) in [6.07, 6.45) is 0. The van der Waals surface area contributed by atoms with Crippen molar-refractivity contribution in [3.05, 3.63) is 28.2 Å². The molecule has 0 aliphatic rings. The quantitative estimate of drug-likeness (QED) is 0.669. The zero-order chi connectivity index (χ0) is 13.8. The summed E-state index contributed by atoms with van der Waals surface area (Å²) < 4.78 is 4.91. The molecule has 6 heteroatoms. The average molecular weight is 308 g/mol. The summed E-state index contributed by atoms with van der Waals surface area (Å²) in [5.41, 5.74) is 4.89. The molecule has 0 saturated heterocycles. The normalized spacial score (nSPS) is 14.1. The zero-order valence-electron chi connectivity index (χ0n) is 10.2. The van der Waals surface area contributed by atoms with Crippen LogP contribution in [0.2, 0.25) is 10.0 Å². The highest BCUT2D eigenvalue weighted by Crippen LogP contribution is 2.29. The van der Waals surface area contributed by atoms with E-state index in [0.717, 1.165) is 4.90 Å². The van der Waals surface area contributed by atoms with Gasteiger partial charge in [0.15, 0.2) is 0 Å². The van der Waals surface area contributed by atoms with Crippen LogP contribution in [0.15, 0.2) is 23.1 Å². The van der Waals surface area contributed by atoms with E-state index in [0.29, 0.717) is 22.4 Å². The molecular weight excluding hydrogens is 293 g/mol. The van der Waals surface area contributed by atoms with Crippen LogP contribution >= 0.6 is 35.0 Å². The number of hydrogen-bond donors (Lipinski definition) is 1. The van der Waals surface area contributed by atoms with Gasteiger partial charge in [0.05, 0.1) is 16.7 Å². The highest BCUT2D eigenvalue weighted by atomic mass is 35.5. The molecule has 0 saturated carbocycles. The van der Waals surface area contributed by atoms with E-state index in [1.807, 2.05) is 6.07 Å². The number of benzene rings is 1. The molecular formula is C12H15Cl2NO2S. The third-order valence-electron chi connectivity index (χ3n) is 2.17. The third-order valence-corrected chi connectivity index (χ3v) is 4.24. The van der Waals surface area contributed by atoms with Crippen molar-refractivity contribution >= 4 is 40.9 Å². The van der Waals surface area contributed by atoms with E-state index in [2.05, 4.69) is 0 Å². The molecule has 0 bridgehead atoms. The second-order valence-electron chi connectivity index (χ2n) is 4.00. The lowest BCUT2D eigenvalue weighted by Crippen LogP contribution is -2.48. The van der Waals surface area contributed by atoms with Gasteiger partial charge in [-0.15, -0.1) is 11.8 Å². The molecule has 1 aromatic rings. The number of thioether (sulfide) groups is 1. The van der Waals surface area contributed by atoms with E-state index in [1.165, 1.54) is 11.8 Å². The van der Waals surface area contributed by atoms with Crippen molar-refractivity contribution in [2.24, 2.45) is 5.73 Å². The van der Waals surface area contributed by atoms with E-state index in [1.54, 1.807) is 26.0 Å². The van der Waals surface area contributed by atoms with E-state index in [-0.39, 0.29) is 0 Å². The SMILES string of the molecule is CCOC(=O)C(C)(N)CSc1ccc(Cl)c(Cl)c1. The van der Waals surface area contributed by atoms with Crippen molar-refractivity contribution < 1.29 is 9.53 Å². The Balaban J connectivity index is 2.63. The molecule has 0 fully saturated rings. The molecule has 18 heavy (non-hydrogen) atoms. The number of nitrogens with two attached hydrogens (primary N) is 1. The van der Waals surface area contributed by atoms with Crippen LogP contribution in [-0.4, -0.2) is 23.9 Å². The Kier molecular flexibility index (Phi) is 5.79. The predicted octanol–water partition coefficient (Wildman–Crippen LogP) is 3.37. The van der Waals surface area contributed by atoms with Gasteiger partial charge in [0.1, 0.15) is 5.54 Å². The van der Waals surface area contributed by atoms with Crippen LogP contribution < -0.4 is 5.73 Å². The Morgan fingerprint density at radius 1 is 1.44 bits per heavy atom. The van der Waals surface area contributed by atoms with Gasteiger partial charge >= 0.3 is 5.97 Å². The van der Waals surface area contributed by atoms with Crippen LogP contribution in [0.5, 0.6) is 0 Å². The van der Waals surface area contributed by atoms with Crippen molar-refractivity contribution in [2.75, 3.05) is 12.4 Å². The van der Waals surface area contributed by atoms with E-state index >= 15 is 0 Å². The highest BCUT2D eigenvalue weighted by Gasteiger charge is 2.30. The van der Waals surface area contributed by atoms with Gasteiger partial charge in [-0.2, -0.15) is 0 Å². The number of hydrogen-bond acceptors (Lipinski definition) is 4. The summed E-state index contributed by atoms with van der Waals surface area (Å²) in [7, 11) is 0. The Morgan fingerprint density at radius 2 is 2.11 bits per heavy atom. The molecule has 0 aromatic heterocycles. The molecule has 1 atom stereocenters. The second-order valence-corrected chi connectivity index (χ2v) is 5.87. The maximum absolute atomic E-state index is 11.6. The van der Waals surface area contributed by atoms with Crippen molar-refractivity contribution in [1.29, 1.82) is 0 Å². The molecule has 1 rings (SSSR count). The Labute approximate surface area is 121 Å². The van der Waals surface area contributed by atoms with Crippen LogP contribution in [-0.2, 0) is 9.53 Å². The van der Waals surface area contributed by atoms with Crippen molar-refractivity contribution in [2.45, 2.75) is 24.3 Å². The molecule has 0 aliphatic heterocycles. The molecule has 0 spiro atoms. The number of carbonyl (C=O) groups is 1. The van der Waals surface area contributed by atoms with E-state index in [4.69, 9.17) is 33.7 Å². The molecule has 3 nitrogen and oxygen atoms in total. The van der Waals surface area contributed by atoms with Crippen molar-refractivity contribution in [1.82, 2.24) is 0 Å². The first-order valence-corrected chi connectivity index (χ1v) is 7.15. The molecule has 0 radical (unpaired) electrons. The van der Waals surface area contributed by atoms with Crippen LogP contribution in [0.3, 0.4) is 0 Å². The summed E-state index contributed by atoms with van der Waals surface area (Å²) in [5.74, 6) is 0.00151. The molecule has 0 aliphatic carbocycles. The summed E-state index contributed by atoms with van der Waals surface area (Å²) in [4.78, 5) is 12.5. The minimum absolute atomic E-state index is 0.322. The van der Waals surface area contributed by atoms with Crippen LogP contribution in [0.25, 0.3) is 0 Å². The Hall–Kier alpha value is -0.420. The lowest BCUT2D eigenvalue weighted by Gasteiger charge is -2.21. The topological polar surface area (TPSA) is 52.3 Å². The third kappa shape index (κ3) is 4.35. The number of ether oxygens (including phenoxy) is 1. The first-order chi connectivity index (χ1) is 8.36. The van der Waals surface area contributed by atoms with Crippen molar-refractivity contribution in [3.8, 4) is 0 Å². The number of esters is 1. The van der Waals surface area contributed by atoms with E-state index < -0.39 is 11.5 Å². The predicted molar refractivity (Wildman–Crippen MR) is 76.4 cm³/mol. The van der Waals surface area contributed by atoms with Gasteiger partial charge in [-0.25, -0.2) is 0 Å². The maximum atomic E-state index is 11.6. The maximum Gasteiger partial charge on any atom is 0.326 e. The summed E-state index contributed by atoms with van der Waals surface area (Å²) >= 11 is 13.2. The zero-order valence-corrected chi connectivity index (χ0v) is 12.5. The molecule has 100 valence electrons. The van der Waals surface area contributed by atoms with Crippen molar-refractivity contribution in [3.63, 3.8) is 0 Å². The second kappa shape index (κ2) is 6.66. The molecule has 2 N–H and O–H groups in total. The Bertz CT molecular complexity index is 438. The van der Waals surface area contributed by atoms with E-state index in [9.17, 15) is 4.79 Å². The number of carbonyl (C=O) groups excluding carboxylic acids is 1. The summed E-state index contributed by atoms with van der Waals surface area (Å²) in [6.45, 7) is 3.72. The van der Waals surface area contributed by atoms with Gasteiger partial charge in [0, 0.05) is 10.6 Å².